The largest absolute Gasteiger partial charge is 0.497 e. The number of methoxy groups -OCH3 is 1. The highest BCUT2D eigenvalue weighted by Gasteiger charge is 2.42. The molecule has 17 heavy (non-hydrogen) atoms. The van der Waals surface area contributed by atoms with Crippen LogP contribution in [0.15, 0.2) is 18.2 Å². The zero-order valence-electron chi connectivity index (χ0n) is 10.9. The summed E-state index contributed by atoms with van der Waals surface area (Å²) in [7, 11) is 1.75. The summed E-state index contributed by atoms with van der Waals surface area (Å²) in [5, 5.41) is 3.68. The van der Waals surface area contributed by atoms with Crippen LogP contribution in [0.3, 0.4) is 0 Å². The van der Waals surface area contributed by atoms with Crippen molar-refractivity contribution in [2.75, 3.05) is 13.7 Å². The van der Waals surface area contributed by atoms with Crippen LogP contribution in [0, 0.1) is 0 Å². The van der Waals surface area contributed by atoms with Crippen molar-refractivity contribution in [3.05, 3.63) is 29.3 Å². The Morgan fingerprint density at radius 2 is 2.18 bits per heavy atom. The summed E-state index contributed by atoms with van der Waals surface area (Å²) < 4.78 is 5.37. The van der Waals surface area contributed by atoms with Gasteiger partial charge in [0.2, 0.25) is 0 Å². The number of piperidine rings is 1. The van der Waals surface area contributed by atoms with Crippen LogP contribution in [0.25, 0.3) is 0 Å². The predicted molar refractivity (Wildman–Crippen MR) is 69.8 cm³/mol. The van der Waals surface area contributed by atoms with Crippen LogP contribution in [0.4, 0.5) is 0 Å². The van der Waals surface area contributed by atoms with Gasteiger partial charge in [0.15, 0.2) is 0 Å². The lowest BCUT2D eigenvalue weighted by Gasteiger charge is -2.47. The molecule has 2 nitrogen and oxygen atoms in total. The van der Waals surface area contributed by atoms with E-state index in [4.69, 9.17) is 4.74 Å². The first kappa shape index (κ1) is 11.1. The third-order valence-corrected chi connectivity index (χ3v) is 4.67. The lowest BCUT2D eigenvalue weighted by atomic mass is 9.63. The van der Waals surface area contributed by atoms with Gasteiger partial charge in [-0.25, -0.2) is 0 Å². The Bertz CT molecular complexity index is 439. The topological polar surface area (TPSA) is 21.3 Å². The molecule has 1 fully saturated rings. The van der Waals surface area contributed by atoms with Gasteiger partial charge in [0.1, 0.15) is 5.75 Å². The summed E-state index contributed by atoms with van der Waals surface area (Å²) in [5.74, 6) is 1.72. The fraction of sp³-hybridized carbons (Fsp3) is 0.600. The third-order valence-electron chi connectivity index (χ3n) is 4.67. The summed E-state index contributed by atoms with van der Waals surface area (Å²) in [6.07, 6.45) is 2.53. The van der Waals surface area contributed by atoms with E-state index < -0.39 is 0 Å². The van der Waals surface area contributed by atoms with Gasteiger partial charge >= 0.3 is 0 Å². The molecule has 1 aromatic carbocycles. The molecule has 2 unspecified atom stereocenters. The Morgan fingerprint density at radius 1 is 1.35 bits per heavy atom. The first-order valence-electron chi connectivity index (χ1n) is 6.54. The van der Waals surface area contributed by atoms with Gasteiger partial charge < -0.3 is 10.1 Å². The van der Waals surface area contributed by atoms with Crippen LogP contribution >= 0.6 is 0 Å². The van der Waals surface area contributed by atoms with Crippen molar-refractivity contribution in [2.24, 2.45) is 0 Å². The fourth-order valence-electron chi connectivity index (χ4n) is 3.53. The highest BCUT2D eigenvalue weighted by molar-refractivity contribution is 5.45. The van der Waals surface area contributed by atoms with E-state index in [-0.39, 0.29) is 5.41 Å². The zero-order chi connectivity index (χ0) is 12.0. The van der Waals surface area contributed by atoms with Gasteiger partial charge in [-0.1, -0.05) is 19.9 Å². The van der Waals surface area contributed by atoms with E-state index in [1.165, 1.54) is 24.0 Å². The summed E-state index contributed by atoms with van der Waals surface area (Å²) in [4.78, 5) is 0. The van der Waals surface area contributed by atoms with E-state index >= 15 is 0 Å². The van der Waals surface area contributed by atoms with Crippen LogP contribution in [-0.4, -0.2) is 19.7 Å². The molecular weight excluding hydrogens is 210 g/mol. The summed E-state index contributed by atoms with van der Waals surface area (Å²) in [5.41, 5.74) is 3.26. The predicted octanol–water partition coefficient (Wildman–Crippen LogP) is 2.82. The van der Waals surface area contributed by atoms with Gasteiger partial charge in [-0.15, -0.1) is 0 Å². The van der Waals surface area contributed by atoms with Crippen LogP contribution in [0.5, 0.6) is 5.75 Å². The quantitative estimate of drug-likeness (QED) is 0.802. The molecular formula is C15H21NO. The number of ether oxygens (including phenoxy) is 1. The van der Waals surface area contributed by atoms with E-state index in [0.29, 0.717) is 6.04 Å². The number of rotatable bonds is 1. The lowest BCUT2D eigenvalue weighted by Crippen LogP contribution is -2.52. The average Bonchev–Trinajstić information content (AvgIpc) is 2.37. The molecule has 0 amide bonds. The van der Waals surface area contributed by atoms with Crippen molar-refractivity contribution in [2.45, 2.75) is 44.1 Å². The lowest BCUT2D eigenvalue weighted by molar-refractivity contribution is 0.236. The number of benzene rings is 1. The maximum atomic E-state index is 5.37. The summed E-state index contributed by atoms with van der Waals surface area (Å²) >= 11 is 0. The first-order valence-corrected chi connectivity index (χ1v) is 6.54. The molecule has 1 aliphatic carbocycles. The molecule has 1 heterocycles. The van der Waals surface area contributed by atoms with E-state index in [0.717, 1.165) is 18.2 Å². The Hall–Kier alpha value is -1.02. The van der Waals surface area contributed by atoms with E-state index in [9.17, 15) is 0 Å². The smallest absolute Gasteiger partial charge is 0.119 e. The van der Waals surface area contributed by atoms with Gasteiger partial charge in [-0.3, -0.25) is 0 Å². The van der Waals surface area contributed by atoms with Crippen molar-refractivity contribution in [3.63, 3.8) is 0 Å². The second-order valence-corrected chi connectivity index (χ2v) is 5.90. The molecule has 2 heteroatoms. The van der Waals surface area contributed by atoms with Gasteiger partial charge in [-0.05, 0) is 48.6 Å². The van der Waals surface area contributed by atoms with Gasteiger partial charge in [0.25, 0.3) is 0 Å². The molecule has 1 saturated heterocycles. The number of fused-ring (bicyclic) bond motifs is 4. The summed E-state index contributed by atoms with van der Waals surface area (Å²) in [6.45, 7) is 5.87. The molecule has 92 valence electrons. The maximum Gasteiger partial charge on any atom is 0.119 e. The van der Waals surface area contributed by atoms with Crippen LogP contribution in [-0.2, 0) is 5.41 Å². The highest BCUT2D eigenvalue weighted by Crippen LogP contribution is 2.46. The number of hydrogen-bond donors (Lipinski definition) is 1. The minimum atomic E-state index is 0.235. The molecule has 0 radical (unpaired) electrons. The molecule has 0 spiro atoms. The minimum Gasteiger partial charge on any atom is -0.497 e. The van der Waals surface area contributed by atoms with Gasteiger partial charge in [-0.2, -0.15) is 0 Å². The van der Waals surface area contributed by atoms with E-state index in [1.54, 1.807) is 7.11 Å². The maximum absolute atomic E-state index is 5.37. The number of nitrogens with one attached hydrogen (secondary N) is 1. The second kappa shape index (κ2) is 3.74. The molecule has 1 aliphatic heterocycles. The average molecular weight is 231 g/mol. The molecule has 3 rings (SSSR count). The molecule has 2 bridgehead atoms. The fourth-order valence-corrected chi connectivity index (χ4v) is 3.53. The SMILES string of the molecule is COc1ccc2c(c1)C1CCNC(C1)C2(C)C. The Morgan fingerprint density at radius 3 is 2.94 bits per heavy atom. The van der Waals surface area contributed by atoms with E-state index in [2.05, 4.69) is 37.4 Å². The standard InChI is InChI=1S/C15H21NO/c1-15(2)13-5-4-11(17-3)9-12(13)10-6-7-16-14(15)8-10/h4-5,9-10,14,16H,6-8H2,1-3H3. The first-order chi connectivity index (χ1) is 8.13. The van der Waals surface area contributed by atoms with Crippen molar-refractivity contribution in [1.82, 2.24) is 5.32 Å². The number of hydrogen-bond acceptors (Lipinski definition) is 2. The monoisotopic (exact) mass is 231 g/mol. The highest BCUT2D eigenvalue weighted by atomic mass is 16.5. The normalized spacial score (nSPS) is 29.6. The molecule has 0 saturated carbocycles. The molecule has 1 aromatic rings. The Balaban J connectivity index is 2.14. The Kier molecular flexibility index (Phi) is 2.44. The van der Waals surface area contributed by atoms with Crippen molar-refractivity contribution >= 4 is 0 Å². The molecule has 0 aromatic heterocycles. The Labute approximate surface area is 103 Å². The molecule has 2 aliphatic rings. The van der Waals surface area contributed by atoms with Crippen LogP contribution in [0.2, 0.25) is 0 Å². The van der Waals surface area contributed by atoms with Crippen molar-refractivity contribution in [3.8, 4) is 5.75 Å². The molecule has 1 N–H and O–H groups in total. The van der Waals surface area contributed by atoms with Crippen molar-refractivity contribution in [1.29, 1.82) is 0 Å². The minimum absolute atomic E-state index is 0.235. The zero-order valence-corrected chi connectivity index (χ0v) is 10.9. The van der Waals surface area contributed by atoms with Crippen molar-refractivity contribution < 1.29 is 4.74 Å². The van der Waals surface area contributed by atoms with Crippen LogP contribution < -0.4 is 10.1 Å². The van der Waals surface area contributed by atoms with Crippen LogP contribution in [0.1, 0.15) is 43.7 Å². The van der Waals surface area contributed by atoms with Gasteiger partial charge in [0, 0.05) is 11.5 Å². The third kappa shape index (κ3) is 1.58. The van der Waals surface area contributed by atoms with E-state index in [1.807, 2.05) is 0 Å². The molecule has 2 atom stereocenters. The summed E-state index contributed by atoms with van der Waals surface area (Å²) in [6, 6.07) is 7.24. The van der Waals surface area contributed by atoms with Gasteiger partial charge in [0.05, 0.1) is 7.11 Å². The second-order valence-electron chi connectivity index (χ2n) is 5.90.